The maximum Gasteiger partial charge on any atom is 0.239 e. The molecule has 4 nitrogen and oxygen atoms in total. The Morgan fingerprint density at radius 3 is 2.69 bits per heavy atom. The Labute approximate surface area is 77.2 Å². The predicted molar refractivity (Wildman–Crippen MR) is 50.3 cm³/mol. The first-order valence-electron chi connectivity index (χ1n) is 3.64. The summed E-state index contributed by atoms with van der Waals surface area (Å²) >= 11 is 0. The Hall–Kier alpha value is -1.20. The third-order valence-electron chi connectivity index (χ3n) is 1.42. The fourth-order valence-electron chi connectivity index (χ4n) is 0.875. The van der Waals surface area contributed by atoms with Gasteiger partial charge in [0.2, 0.25) is 10.0 Å². The molecule has 0 bridgehead atoms. The van der Waals surface area contributed by atoms with E-state index in [1.54, 1.807) is 18.3 Å². The highest BCUT2D eigenvalue weighted by Gasteiger charge is 2.07. The standard InChI is InChI=1S/C8H10N2O2S/c1-2-3-7-4-8(6-10-5-7)13(9,11)12/h2-6H,1H3,(H2,9,11,12)/b3-2+. The molecule has 2 N–H and O–H groups in total. The lowest BCUT2D eigenvalue weighted by atomic mass is 10.3. The molecule has 0 saturated carbocycles. The van der Waals surface area contributed by atoms with Gasteiger partial charge in [-0.3, -0.25) is 4.98 Å². The van der Waals surface area contributed by atoms with E-state index in [1.165, 1.54) is 12.3 Å². The summed E-state index contributed by atoms with van der Waals surface area (Å²) in [5.41, 5.74) is 0.717. The molecule has 0 spiro atoms. The van der Waals surface area contributed by atoms with Gasteiger partial charge in [-0.2, -0.15) is 0 Å². The average Bonchev–Trinajstić information content (AvgIpc) is 2.04. The summed E-state index contributed by atoms with van der Waals surface area (Å²) in [6.07, 6.45) is 6.34. The summed E-state index contributed by atoms with van der Waals surface area (Å²) in [4.78, 5) is 3.79. The van der Waals surface area contributed by atoms with E-state index in [9.17, 15) is 8.42 Å². The topological polar surface area (TPSA) is 73.0 Å². The number of rotatable bonds is 2. The van der Waals surface area contributed by atoms with E-state index in [0.29, 0.717) is 5.56 Å². The summed E-state index contributed by atoms with van der Waals surface area (Å²) < 4.78 is 21.8. The molecule has 0 unspecified atom stereocenters. The number of sulfonamides is 1. The smallest absolute Gasteiger partial charge is 0.239 e. The Morgan fingerprint density at radius 2 is 2.15 bits per heavy atom. The van der Waals surface area contributed by atoms with Gasteiger partial charge in [-0.25, -0.2) is 13.6 Å². The van der Waals surface area contributed by atoms with Crippen molar-refractivity contribution < 1.29 is 8.42 Å². The first-order valence-corrected chi connectivity index (χ1v) is 5.19. The largest absolute Gasteiger partial charge is 0.263 e. The Bertz CT molecular complexity index is 424. The normalized spacial score (nSPS) is 12.2. The number of primary sulfonamides is 1. The number of aromatic nitrogens is 1. The van der Waals surface area contributed by atoms with Crippen LogP contribution in [-0.4, -0.2) is 13.4 Å². The van der Waals surface area contributed by atoms with Crippen molar-refractivity contribution in [3.8, 4) is 0 Å². The number of hydrogen-bond acceptors (Lipinski definition) is 3. The van der Waals surface area contributed by atoms with Crippen LogP contribution in [0.15, 0.2) is 29.4 Å². The van der Waals surface area contributed by atoms with Crippen molar-refractivity contribution >= 4 is 16.1 Å². The van der Waals surface area contributed by atoms with Crippen LogP contribution in [-0.2, 0) is 10.0 Å². The van der Waals surface area contributed by atoms with Crippen LogP contribution in [0.25, 0.3) is 6.08 Å². The van der Waals surface area contributed by atoms with Gasteiger partial charge in [-0.15, -0.1) is 0 Å². The van der Waals surface area contributed by atoms with Crippen molar-refractivity contribution in [2.24, 2.45) is 5.14 Å². The highest BCUT2D eigenvalue weighted by atomic mass is 32.2. The lowest BCUT2D eigenvalue weighted by Crippen LogP contribution is -2.12. The maximum atomic E-state index is 10.9. The summed E-state index contributed by atoms with van der Waals surface area (Å²) in [6.45, 7) is 1.84. The zero-order valence-corrected chi connectivity index (χ0v) is 7.95. The Balaban J connectivity index is 3.21. The third-order valence-corrected chi connectivity index (χ3v) is 2.30. The highest BCUT2D eigenvalue weighted by Crippen LogP contribution is 2.08. The van der Waals surface area contributed by atoms with Crippen LogP contribution in [0.3, 0.4) is 0 Å². The average molecular weight is 198 g/mol. The van der Waals surface area contributed by atoms with Crippen molar-refractivity contribution in [2.45, 2.75) is 11.8 Å². The Morgan fingerprint density at radius 1 is 1.46 bits per heavy atom. The van der Waals surface area contributed by atoms with E-state index in [4.69, 9.17) is 5.14 Å². The molecule has 70 valence electrons. The van der Waals surface area contributed by atoms with Crippen molar-refractivity contribution in [2.75, 3.05) is 0 Å². The highest BCUT2D eigenvalue weighted by molar-refractivity contribution is 7.89. The lowest BCUT2D eigenvalue weighted by Gasteiger charge is -1.97. The molecular formula is C8H10N2O2S. The molecule has 1 rings (SSSR count). The SMILES string of the molecule is C/C=C/c1cncc(S(N)(=O)=O)c1. The van der Waals surface area contributed by atoms with Gasteiger partial charge in [0.1, 0.15) is 4.90 Å². The van der Waals surface area contributed by atoms with Gasteiger partial charge in [0, 0.05) is 12.4 Å². The summed E-state index contributed by atoms with van der Waals surface area (Å²) in [5, 5.41) is 4.93. The van der Waals surface area contributed by atoms with Crippen LogP contribution >= 0.6 is 0 Å². The van der Waals surface area contributed by atoms with Crippen molar-refractivity contribution in [1.82, 2.24) is 4.98 Å². The minimum atomic E-state index is -3.64. The molecule has 0 aliphatic rings. The van der Waals surface area contributed by atoms with Gasteiger partial charge in [-0.05, 0) is 18.6 Å². The van der Waals surface area contributed by atoms with E-state index in [2.05, 4.69) is 4.98 Å². The molecule has 13 heavy (non-hydrogen) atoms. The molecule has 1 aromatic heterocycles. The zero-order valence-electron chi connectivity index (χ0n) is 7.14. The van der Waals surface area contributed by atoms with E-state index in [0.717, 1.165) is 0 Å². The van der Waals surface area contributed by atoms with E-state index in [1.807, 2.05) is 6.92 Å². The second kappa shape index (κ2) is 3.68. The maximum absolute atomic E-state index is 10.9. The second-order valence-corrected chi connectivity index (χ2v) is 4.06. The first kappa shape index (κ1) is 9.88. The lowest BCUT2D eigenvalue weighted by molar-refractivity contribution is 0.597. The van der Waals surface area contributed by atoms with Crippen molar-refractivity contribution in [3.05, 3.63) is 30.1 Å². The van der Waals surface area contributed by atoms with Gasteiger partial charge < -0.3 is 0 Å². The fourth-order valence-corrected chi connectivity index (χ4v) is 1.38. The number of pyridine rings is 1. The minimum absolute atomic E-state index is 0.0306. The van der Waals surface area contributed by atoms with Crippen LogP contribution in [0.1, 0.15) is 12.5 Å². The van der Waals surface area contributed by atoms with Gasteiger partial charge >= 0.3 is 0 Å². The van der Waals surface area contributed by atoms with Crippen LogP contribution in [0.5, 0.6) is 0 Å². The van der Waals surface area contributed by atoms with Gasteiger partial charge in [0.25, 0.3) is 0 Å². The van der Waals surface area contributed by atoms with E-state index >= 15 is 0 Å². The van der Waals surface area contributed by atoms with Crippen LogP contribution in [0, 0.1) is 0 Å². The van der Waals surface area contributed by atoms with Gasteiger partial charge in [0.15, 0.2) is 0 Å². The monoisotopic (exact) mass is 198 g/mol. The first-order chi connectivity index (χ1) is 6.04. The second-order valence-electron chi connectivity index (χ2n) is 2.50. The molecule has 0 aromatic carbocycles. The zero-order chi connectivity index (χ0) is 9.90. The molecule has 0 saturated heterocycles. The third kappa shape index (κ3) is 2.64. The summed E-state index contributed by atoms with van der Waals surface area (Å²) in [6, 6.07) is 1.47. The molecule has 5 heteroatoms. The summed E-state index contributed by atoms with van der Waals surface area (Å²) in [7, 11) is -3.64. The molecule has 1 heterocycles. The molecular weight excluding hydrogens is 188 g/mol. The molecule has 0 aliphatic carbocycles. The molecule has 0 amide bonds. The van der Waals surface area contributed by atoms with Gasteiger partial charge in [-0.1, -0.05) is 12.2 Å². The number of nitrogens with two attached hydrogens (primary N) is 1. The van der Waals surface area contributed by atoms with Crippen LogP contribution in [0.4, 0.5) is 0 Å². The van der Waals surface area contributed by atoms with Crippen LogP contribution < -0.4 is 5.14 Å². The number of allylic oxidation sites excluding steroid dienone is 1. The van der Waals surface area contributed by atoms with E-state index < -0.39 is 10.0 Å². The molecule has 0 atom stereocenters. The quantitative estimate of drug-likeness (QED) is 0.762. The van der Waals surface area contributed by atoms with Crippen LogP contribution in [0.2, 0.25) is 0 Å². The van der Waals surface area contributed by atoms with E-state index in [-0.39, 0.29) is 4.90 Å². The van der Waals surface area contributed by atoms with Crippen molar-refractivity contribution in [3.63, 3.8) is 0 Å². The molecule has 0 radical (unpaired) electrons. The molecule has 1 aromatic rings. The van der Waals surface area contributed by atoms with Crippen molar-refractivity contribution in [1.29, 1.82) is 0 Å². The summed E-state index contributed by atoms with van der Waals surface area (Å²) in [5.74, 6) is 0. The number of hydrogen-bond donors (Lipinski definition) is 1. The fraction of sp³-hybridized carbons (Fsp3) is 0.125. The minimum Gasteiger partial charge on any atom is -0.263 e. The predicted octanol–water partition coefficient (Wildman–Crippen LogP) is 0.762. The van der Waals surface area contributed by atoms with Gasteiger partial charge in [0.05, 0.1) is 0 Å². The Kier molecular flexibility index (Phi) is 2.79. The molecule has 0 fully saturated rings. The number of nitrogens with zero attached hydrogens (tertiary/aromatic N) is 1. The molecule has 0 aliphatic heterocycles.